The molecule has 2 rings (SSSR count). The molecule has 0 radical (unpaired) electrons. The monoisotopic (exact) mass is 342 g/mol. The number of nitrogen functional groups attached to an aromatic ring is 1. The summed E-state index contributed by atoms with van der Waals surface area (Å²) < 4.78 is 15.0. The van der Waals surface area contributed by atoms with E-state index in [-0.39, 0.29) is 0 Å². The van der Waals surface area contributed by atoms with Crippen LogP contribution < -0.4 is 5.73 Å². The number of rotatable bonds is 4. The molecular weight excluding hydrogens is 328 g/mol. The van der Waals surface area contributed by atoms with E-state index in [1.54, 1.807) is 23.0 Å². The lowest BCUT2D eigenvalue weighted by molar-refractivity contribution is 0.673. The highest BCUT2D eigenvalue weighted by Gasteiger charge is 2.17. The molecule has 0 aliphatic rings. The highest BCUT2D eigenvalue weighted by molar-refractivity contribution is 9.10. The maximum atomic E-state index is 12.3. The highest BCUT2D eigenvalue weighted by Crippen LogP contribution is 2.25. The van der Waals surface area contributed by atoms with Crippen molar-refractivity contribution in [2.75, 3.05) is 5.73 Å². The minimum Gasteiger partial charge on any atom is -0.396 e. The van der Waals surface area contributed by atoms with E-state index >= 15 is 0 Å². The van der Waals surface area contributed by atoms with Gasteiger partial charge >= 0.3 is 0 Å². The summed E-state index contributed by atoms with van der Waals surface area (Å²) in [5.74, 6) is 0.339. The summed E-state index contributed by atoms with van der Waals surface area (Å²) in [7, 11) is 0.563. The summed E-state index contributed by atoms with van der Waals surface area (Å²) in [5, 5.41) is 4.81. The standard InChI is InChI=1S/C12H15BrN4OS/c1-3-9-11(13)10(17(2)16-9)7-19(18)12-8(14)5-4-6-15-12/h4-6H,3,7,14H2,1-2H3. The van der Waals surface area contributed by atoms with Crippen molar-refractivity contribution in [2.45, 2.75) is 24.1 Å². The number of pyridine rings is 1. The maximum absolute atomic E-state index is 12.3. The van der Waals surface area contributed by atoms with Gasteiger partial charge in [-0.15, -0.1) is 0 Å². The predicted octanol–water partition coefficient (Wildman–Crippen LogP) is 2.03. The third-order valence-corrected chi connectivity index (χ3v) is 5.01. The van der Waals surface area contributed by atoms with Crippen LogP contribution in [-0.4, -0.2) is 19.0 Å². The van der Waals surface area contributed by atoms with Crippen LogP contribution in [0.15, 0.2) is 27.8 Å². The Morgan fingerprint density at radius 2 is 2.26 bits per heavy atom. The molecule has 0 aromatic carbocycles. The first-order valence-electron chi connectivity index (χ1n) is 5.83. The largest absolute Gasteiger partial charge is 0.396 e. The lowest BCUT2D eigenvalue weighted by atomic mass is 10.3. The molecule has 0 amide bonds. The molecule has 19 heavy (non-hydrogen) atoms. The van der Waals surface area contributed by atoms with Gasteiger partial charge in [0.05, 0.1) is 38.1 Å². The number of hydrogen-bond donors (Lipinski definition) is 1. The molecule has 5 nitrogen and oxygen atoms in total. The zero-order valence-electron chi connectivity index (χ0n) is 10.8. The van der Waals surface area contributed by atoms with Gasteiger partial charge in [-0.1, -0.05) is 6.92 Å². The predicted molar refractivity (Wildman–Crippen MR) is 79.0 cm³/mol. The Bertz CT molecular complexity index is 626. The number of halogens is 1. The van der Waals surface area contributed by atoms with Crippen LogP contribution >= 0.6 is 15.9 Å². The molecule has 0 aliphatic heterocycles. The van der Waals surface area contributed by atoms with E-state index < -0.39 is 10.8 Å². The average Bonchev–Trinajstić information content (AvgIpc) is 2.66. The maximum Gasteiger partial charge on any atom is 0.150 e. The molecule has 2 aromatic heterocycles. The number of aromatic nitrogens is 3. The number of anilines is 1. The number of aryl methyl sites for hydroxylation is 2. The van der Waals surface area contributed by atoms with Crippen LogP contribution in [0.4, 0.5) is 5.69 Å². The topological polar surface area (TPSA) is 73.8 Å². The first-order valence-corrected chi connectivity index (χ1v) is 7.94. The van der Waals surface area contributed by atoms with Crippen LogP contribution in [0.3, 0.4) is 0 Å². The molecule has 1 unspecified atom stereocenters. The molecule has 2 aromatic rings. The van der Waals surface area contributed by atoms with Gasteiger partial charge in [0, 0.05) is 13.2 Å². The van der Waals surface area contributed by atoms with Gasteiger partial charge in [-0.25, -0.2) is 4.98 Å². The molecule has 0 spiro atoms. The van der Waals surface area contributed by atoms with Crippen molar-refractivity contribution in [2.24, 2.45) is 7.05 Å². The summed E-state index contributed by atoms with van der Waals surface area (Å²) in [6.07, 6.45) is 2.42. The number of nitrogens with two attached hydrogens (primary N) is 1. The van der Waals surface area contributed by atoms with E-state index in [2.05, 4.69) is 26.0 Å². The molecule has 7 heteroatoms. The summed E-state index contributed by atoms with van der Waals surface area (Å²) >= 11 is 3.51. The van der Waals surface area contributed by atoms with E-state index in [0.29, 0.717) is 16.5 Å². The van der Waals surface area contributed by atoms with Crippen LogP contribution in [0.25, 0.3) is 0 Å². The van der Waals surface area contributed by atoms with Gasteiger partial charge in [-0.2, -0.15) is 5.10 Å². The highest BCUT2D eigenvalue weighted by atomic mass is 79.9. The van der Waals surface area contributed by atoms with Gasteiger partial charge in [0.15, 0.2) is 0 Å². The summed E-state index contributed by atoms with van der Waals surface area (Å²) in [6, 6.07) is 3.43. The van der Waals surface area contributed by atoms with Crippen LogP contribution in [0.1, 0.15) is 18.3 Å². The molecular formula is C12H15BrN4OS. The van der Waals surface area contributed by atoms with Gasteiger partial charge in [-0.3, -0.25) is 8.89 Å². The van der Waals surface area contributed by atoms with E-state index in [9.17, 15) is 4.21 Å². The molecule has 0 saturated heterocycles. The lowest BCUT2D eigenvalue weighted by Crippen LogP contribution is -2.07. The van der Waals surface area contributed by atoms with Gasteiger partial charge in [0.2, 0.25) is 0 Å². The summed E-state index contributed by atoms with van der Waals surface area (Å²) in [5.41, 5.74) is 8.10. The second-order valence-electron chi connectivity index (χ2n) is 4.07. The molecule has 2 N–H and O–H groups in total. The van der Waals surface area contributed by atoms with Gasteiger partial charge < -0.3 is 5.73 Å². The minimum absolute atomic E-state index is 0.339. The van der Waals surface area contributed by atoms with Crippen LogP contribution in [0.5, 0.6) is 0 Å². The van der Waals surface area contributed by atoms with Crippen molar-refractivity contribution in [3.63, 3.8) is 0 Å². The van der Waals surface area contributed by atoms with Crippen LogP contribution in [-0.2, 0) is 30.0 Å². The molecule has 102 valence electrons. The second kappa shape index (κ2) is 5.83. The number of hydrogen-bond acceptors (Lipinski definition) is 4. The first kappa shape index (κ1) is 14.2. The van der Waals surface area contributed by atoms with Gasteiger partial charge in [0.25, 0.3) is 0 Å². The second-order valence-corrected chi connectivity index (χ2v) is 6.23. The average molecular weight is 343 g/mol. The summed E-state index contributed by atoms with van der Waals surface area (Å²) in [4.78, 5) is 4.09. The fourth-order valence-electron chi connectivity index (χ4n) is 1.76. The van der Waals surface area contributed by atoms with Crippen molar-refractivity contribution in [3.05, 3.63) is 34.2 Å². The van der Waals surface area contributed by atoms with E-state index in [4.69, 9.17) is 5.73 Å². The number of nitrogens with zero attached hydrogens (tertiary/aromatic N) is 3. The quantitative estimate of drug-likeness (QED) is 0.922. The molecule has 1 atom stereocenters. The normalized spacial score (nSPS) is 12.6. The molecule has 0 aliphatic carbocycles. The SMILES string of the molecule is CCc1nn(C)c(CS(=O)c2ncccc2N)c1Br. The zero-order valence-corrected chi connectivity index (χ0v) is 13.2. The Balaban J connectivity index is 2.30. The van der Waals surface area contributed by atoms with Gasteiger partial charge in [0.1, 0.15) is 5.03 Å². The minimum atomic E-state index is -1.28. The summed E-state index contributed by atoms with van der Waals surface area (Å²) in [6.45, 7) is 2.03. The first-order chi connectivity index (χ1) is 9.04. The van der Waals surface area contributed by atoms with Crippen molar-refractivity contribution in [1.82, 2.24) is 14.8 Å². The van der Waals surface area contributed by atoms with Crippen molar-refractivity contribution < 1.29 is 4.21 Å². The third-order valence-electron chi connectivity index (χ3n) is 2.79. The molecule has 0 saturated carbocycles. The zero-order chi connectivity index (χ0) is 14.0. The van der Waals surface area contributed by atoms with Crippen LogP contribution in [0, 0.1) is 0 Å². The molecule has 0 bridgehead atoms. The van der Waals surface area contributed by atoms with Gasteiger partial charge in [-0.05, 0) is 34.5 Å². The Morgan fingerprint density at radius 1 is 1.53 bits per heavy atom. The van der Waals surface area contributed by atoms with Crippen molar-refractivity contribution in [1.29, 1.82) is 0 Å². The van der Waals surface area contributed by atoms with Crippen molar-refractivity contribution >= 4 is 32.4 Å². The Kier molecular flexibility index (Phi) is 4.36. The van der Waals surface area contributed by atoms with Crippen molar-refractivity contribution in [3.8, 4) is 0 Å². The van der Waals surface area contributed by atoms with E-state index in [0.717, 1.165) is 22.3 Å². The smallest absolute Gasteiger partial charge is 0.150 e. The fourth-order valence-corrected chi connectivity index (χ4v) is 3.93. The fraction of sp³-hybridized carbons (Fsp3) is 0.333. The molecule has 2 heterocycles. The Morgan fingerprint density at radius 3 is 2.84 bits per heavy atom. The van der Waals surface area contributed by atoms with E-state index in [1.807, 2.05) is 14.0 Å². The Labute approximate surface area is 122 Å². The Hall–Kier alpha value is -1.21. The third kappa shape index (κ3) is 2.87. The van der Waals surface area contributed by atoms with Crippen LogP contribution in [0.2, 0.25) is 0 Å². The molecule has 0 fully saturated rings. The van der Waals surface area contributed by atoms with E-state index in [1.165, 1.54) is 0 Å². The lowest BCUT2D eigenvalue weighted by Gasteiger charge is -2.05.